The molecule has 0 spiro atoms. The number of nitrogens with zero attached hydrogens (tertiary/aromatic N) is 1. The molecule has 0 amide bonds. The van der Waals surface area contributed by atoms with Crippen molar-refractivity contribution in [3.8, 4) is 0 Å². The maximum Gasteiger partial charge on any atom is 0.430 e. The second-order valence-corrected chi connectivity index (χ2v) is 3.05. The highest BCUT2D eigenvalue weighted by molar-refractivity contribution is 5.24. The topological polar surface area (TPSA) is 33.1 Å². The van der Waals surface area contributed by atoms with E-state index in [2.05, 4.69) is 4.98 Å². The fraction of sp³-hybridized carbons (Fsp3) is 0.375. The van der Waals surface area contributed by atoms with Crippen LogP contribution in [0.3, 0.4) is 0 Å². The first-order chi connectivity index (χ1) is 7.52. The van der Waals surface area contributed by atoms with Crippen molar-refractivity contribution in [2.45, 2.75) is 18.0 Å². The zero-order valence-corrected chi connectivity index (χ0v) is 7.77. The number of hydrogen-bond donors (Lipinski definition) is 1. The Bertz CT molecular complexity index is 397. The molecule has 0 radical (unpaired) electrons. The molecule has 0 bridgehead atoms. The largest absolute Gasteiger partial charge is 0.430 e. The molecule has 0 aliphatic heterocycles. The van der Waals surface area contributed by atoms with Crippen LogP contribution in [0.15, 0.2) is 18.3 Å². The lowest BCUT2D eigenvalue weighted by molar-refractivity contribution is -0.377. The van der Waals surface area contributed by atoms with E-state index in [9.17, 15) is 30.7 Å². The van der Waals surface area contributed by atoms with Crippen LogP contribution < -0.4 is 0 Å². The summed E-state index contributed by atoms with van der Waals surface area (Å²) < 4.78 is 86.7. The van der Waals surface area contributed by atoms with Gasteiger partial charge in [-0.2, -0.15) is 30.7 Å². The van der Waals surface area contributed by atoms with E-state index in [4.69, 9.17) is 5.11 Å². The molecule has 1 heterocycles. The van der Waals surface area contributed by atoms with Gasteiger partial charge in [-0.25, -0.2) is 4.98 Å². The highest BCUT2D eigenvalue weighted by Gasteiger charge is 2.72. The smallest absolute Gasteiger partial charge is 0.369 e. The Morgan fingerprint density at radius 3 is 1.82 bits per heavy atom. The van der Waals surface area contributed by atoms with Gasteiger partial charge in [-0.15, -0.1) is 0 Å². The van der Waals surface area contributed by atoms with E-state index in [-0.39, 0.29) is 6.07 Å². The van der Waals surface area contributed by atoms with Crippen LogP contribution in [-0.2, 0) is 5.60 Å². The third-order valence-electron chi connectivity index (χ3n) is 1.97. The average molecular weight is 263 g/mol. The first kappa shape index (κ1) is 13.7. The van der Waals surface area contributed by atoms with E-state index in [1.54, 1.807) is 0 Å². The molecule has 0 atom stereocenters. The number of aromatic nitrogens is 1. The SMILES string of the molecule is OC(c1cccnc1F)(C(F)(F)F)C(F)(F)F. The zero-order chi connectivity index (χ0) is 13.5. The zero-order valence-electron chi connectivity index (χ0n) is 7.77. The number of halogens is 7. The van der Waals surface area contributed by atoms with Crippen molar-refractivity contribution in [3.63, 3.8) is 0 Å². The van der Waals surface area contributed by atoms with Gasteiger partial charge >= 0.3 is 12.4 Å². The Morgan fingerprint density at radius 2 is 1.47 bits per heavy atom. The number of pyridine rings is 1. The number of rotatable bonds is 1. The Balaban J connectivity index is 3.53. The van der Waals surface area contributed by atoms with Crippen LogP contribution in [0.2, 0.25) is 0 Å². The average Bonchev–Trinajstić information content (AvgIpc) is 2.13. The molecular weight excluding hydrogens is 259 g/mol. The summed E-state index contributed by atoms with van der Waals surface area (Å²) in [5.41, 5.74) is -7.27. The molecule has 1 rings (SSSR count). The van der Waals surface area contributed by atoms with Crippen molar-refractivity contribution in [2.75, 3.05) is 0 Å². The molecule has 0 fully saturated rings. The van der Waals surface area contributed by atoms with Gasteiger partial charge in [0.1, 0.15) is 0 Å². The van der Waals surface area contributed by atoms with Crippen molar-refractivity contribution >= 4 is 0 Å². The van der Waals surface area contributed by atoms with Crippen molar-refractivity contribution in [1.82, 2.24) is 4.98 Å². The molecule has 1 N–H and O–H groups in total. The summed E-state index contributed by atoms with van der Waals surface area (Å²) >= 11 is 0. The molecule has 0 saturated heterocycles. The maximum absolute atomic E-state index is 12.9. The molecule has 2 nitrogen and oxygen atoms in total. The van der Waals surface area contributed by atoms with Gasteiger partial charge in [0, 0.05) is 6.20 Å². The molecule has 0 aromatic carbocycles. The van der Waals surface area contributed by atoms with E-state index < -0.39 is 29.5 Å². The van der Waals surface area contributed by atoms with Crippen molar-refractivity contribution < 1.29 is 35.8 Å². The van der Waals surface area contributed by atoms with Crippen LogP contribution >= 0.6 is 0 Å². The van der Waals surface area contributed by atoms with Gasteiger partial charge in [-0.05, 0) is 12.1 Å². The lowest BCUT2D eigenvalue weighted by Crippen LogP contribution is -2.54. The van der Waals surface area contributed by atoms with Crippen molar-refractivity contribution in [3.05, 3.63) is 29.8 Å². The molecule has 96 valence electrons. The van der Waals surface area contributed by atoms with Gasteiger partial charge in [0.2, 0.25) is 5.95 Å². The fourth-order valence-electron chi connectivity index (χ4n) is 1.12. The van der Waals surface area contributed by atoms with Crippen molar-refractivity contribution in [2.24, 2.45) is 0 Å². The summed E-state index contributed by atoms with van der Waals surface area (Å²) in [6.07, 6.45) is -11.6. The van der Waals surface area contributed by atoms with E-state index >= 15 is 0 Å². The van der Waals surface area contributed by atoms with Gasteiger partial charge < -0.3 is 5.11 Å². The second-order valence-electron chi connectivity index (χ2n) is 3.05. The Hall–Kier alpha value is -1.38. The summed E-state index contributed by atoms with van der Waals surface area (Å²) in [6, 6.07) is 0.824. The minimum atomic E-state index is -6.12. The van der Waals surface area contributed by atoms with Crippen LogP contribution in [0, 0.1) is 5.95 Å². The summed E-state index contributed by atoms with van der Waals surface area (Å²) in [6.45, 7) is 0. The molecule has 0 saturated carbocycles. The first-order valence-corrected chi connectivity index (χ1v) is 3.98. The predicted molar refractivity (Wildman–Crippen MR) is 40.2 cm³/mol. The lowest BCUT2D eigenvalue weighted by Gasteiger charge is -2.32. The standard InChI is InChI=1S/C8H4F7NO/c9-5-4(2-1-3-16-5)6(17,7(10,11)12)8(13,14)15/h1-3,17H. The Kier molecular flexibility index (Phi) is 3.08. The fourth-order valence-corrected chi connectivity index (χ4v) is 1.12. The third kappa shape index (κ3) is 2.06. The summed E-state index contributed by atoms with van der Waals surface area (Å²) in [4.78, 5) is 2.65. The monoisotopic (exact) mass is 263 g/mol. The van der Waals surface area contributed by atoms with E-state index in [1.165, 1.54) is 0 Å². The van der Waals surface area contributed by atoms with Crippen LogP contribution in [-0.4, -0.2) is 22.4 Å². The summed E-state index contributed by atoms with van der Waals surface area (Å²) in [5, 5.41) is 8.81. The number of aliphatic hydroxyl groups is 1. The van der Waals surface area contributed by atoms with Crippen LogP contribution in [0.4, 0.5) is 30.7 Å². The van der Waals surface area contributed by atoms with Gasteiger partial charge in [0.25, 0.3) is 5.60 Å². The number of alkyl halides is 6. The van der Waals surface area contributed by atoms with E-state index in [0.717, 1.165) is 0 Å². The predicted octanol–water partition coefficient (Wildman–Crippen LogP) is 2.53. The molecule has 9 heteroatoms. The van der Waals surface area contributed by atoms with E-state index in [0.29, 0.717) is 12.3 Å². The maximum atomic E-state index is 12.9. The minimum Gasteiger partial charge on any atom is -0.369 e. The second kappa shape index (κ2) is 3.83. The Labute approximate surface area is 89.7 Å². The summed E-state index contributed by atoms with van der Waals surface area (Å²) in [7, 11) is 0. The molecule has 0 unspecified atom stereocenters. The van der Waals surface area contributed by atoms with Gasteiger partial charge in [0.15, 0.2) is 0 Å². The first-order valence-electron chi connectivity index (χ1n) is 3.98. The quantitative estimate of drug-likeness (QED) is 0.624. The molecule has 1 aromatic rings. The van der Waals surface area contributed by atoms with Gasteiger partial charge in [-0.3, -0.25) is 0 Å². The van der Waals surface area contributed by atoms with E-state index in [1.807, 2.05) is 0 Å². The Morgan fingerprint density at radius 1 is 1.00 bits per heavy atom. The lowest BCUT2D eigenvalue weighted by atomic mass is 9.93. The van der Waals surface area contributed by atoms with Crippen molar-refractivity contribution in [1.29, 1.82) is 0 Å². The van der Waals surface area contributed by atoms with Crippen LogP contribution in [0.5, 0.6) is 0 Å². The third-order valence-corrected chi connectivity index (χ3v) is 1.97. The molecule has 0 aliphatic carbocycles. The van der Waals surface area contributed by atoms with Gasteiger partial charge in [0.05, 0.1) is 5.56 Å². The minimum absolute atomic E-state index is 0.170. The molecule has 1 aromatic heterocycles. The van der Waals surface area contributed by atoms with Crippen LogP contribution in [0.25, 0.3) is 0 Å². The highest BCUT2D eigenvalue weighted by Crippen LogP contribution is 2.50. The molecule has 17 heavy (non-hydrogen) atoms. The molecular formula is C8H4F7NO. The highest BCUT2D eigenvalue weighted by atomic mass is 19.4. The molecule has 0 aliphatic rings. The van der Waals surface area contributed by atoms with Crippen LogP contribution in [0.1, 0.15) is 5.56 Å². The normalized spacial score (nSPS) is 13.9. The summed E-state index contributed by atoms with van der Waals surface area (Å²) in [5.74, 6) is -2.04. The van der Waals surface area contributed by atoms with Gasteiger partial charge in [-0.1, -0.05) is 0 Å². The number of hydrogen-bond acceptors (Lipinski definition) is 2.